The van der Waals surface area contributed by atoms with Gasteiger partial charge in [0, 0.05) is 19.7 Å². The molecule has 2 N–H and O–H groups in total. The lowest BCUT2D eigenvalue weighted by Gasteiger charge is -2.02. The van der Waals surface area contributed by atoms with Crippen LogP contribution < -0.4 is 4.72 Å². The molecule has 0 bridgehead atoms. The number of imidazole rings is 1. The topological polar surface area (TPSA) is 92.7 Å². The van der Waals surface area contributed by atoms with Gasteiger partial charge < -0.3 is 4.98 Å². The monoisotopic (exact) mass is 269 g/mol. The van der Waals surface area contributed by atoms with E-state index in [2.05, 4.69) is 19.8 Å². The maximum absolute atomic E-state index is 11.9. The van der Waals surface area contributed by atoms with Crippen LogP contribution in [0.5, 0.6) is 0 Å². The molecule has 2 aromatic rings. The standard InChI is InChI=1S/C10H15N5O2S/c1-3-9-11-7-10(13-9)18(16,17)12-6-8-4-5-15(2)14-8/h4-5,7,12H,3,6H2,1-2H3,(H,11,13). The fourth-order valence-electron chi connectivity index (χ4n) is 1.46. The summed E-state index contributed by atoms with van der Waals surface area (Å²) >= 11 is 0. The Labute approximate surface area is 105 Å². The van der Waals surface area contributed by atoms with Gasteiger partial charge in [-0.15, -0.1) is 0 Å². The van der Waals surface area contributed by atoms with Crippen molar-refractivity contribution in [2.75, 3.05) is 0 Å². The molecule has 0 amide bonds. The summed E-state index contributed by atoms with van der Waals surface area (Å²) in [7, 11) is -1.78. The quantitative estimate of drug-likeness (QED) is 0.810. The number of sulfonamides is 1. The van der Waals surface area contributed by atoms with E-state index in [-0.39, 0.29) is 11.6 Å². The van der Waals surface area contributed by atoms with Crippen LogP contribution in [0.2, 0.25) is 0 Å². The fraction of sp³-hybridized carbons (Fsp3) is 0.400. The van der Waals surface area contributed by atoms with Crippen LogP contribution in [-0.4, -0.2) is 28.2 Å². The molecular formula is C10H15N5O2S. The number of H-pyrrole nitrogens is 1. The lowest BCUT2D eigenvalue weighted by Crippen LogP contribution is -2.23. The third kappa shape index (κ3) is 2.77. The largest absolute Gasteiger partial charge is 0.332 e. The van der Waals surface area contributed by atoms with Crippen molar-refractivity contribution in [2.24, 2.45) is 7.05 Å². The van der Waals surface area contributed by atoms with E-state index < -0.39 is 10.0 Å². The van der Waals surface area contributed by atoms with Crippen molar-refractivity contribution in [3.8, 4) is 0 Å². The van der Waals surface area contributed by atoms with Crippen molar-refractivity contribution in [3.63, 3.8) is 0 Å². The van der Waals surface area contributed by atoms with E-state index in [0.717, 1.165) is 0 Å². The van der Waals surface area contributed by atoms with Crippen molar-refractivity contribution in [1.29, 1.82) is 0 Å². The molecule has 0 aromatic carbocycles. The minimum atomic E-state index is -3.56. The predicted molar refractivity (Wildman–Crippen MR) is 65.2 cm³/mol. The number of aromatic nitrogens is 4. The fourth-order valence-corrected chi connectivity index (χ4v) is 2.40. The summed E-state index contributed by atoms with van der Waals surface area (Å²) in [5.41, 5.74) is 0.663. The lowest BCUT2D eigenvalue weighted by atomic mass is 10.4. The van der Waals surface area contributed by atoms with Crippen LogP contribution in [0.4, 0.5) is 0 Å². The molecule has 2 aromatic heterocycles. The van der Waals surface area contributed by atoms with Gasteiger partial charge in [-0.2, -0.15) is 5.10 Å². The molecule has 0 spiro atoms. The van der Waals surface area contributed by atoms with Crippen molar-refractivity contribution < 1.29 is 8.42 Å². The second kappa shape index (κ2) is 4.91. The van der Waals surface area contributed by atoms with Crippen molar-refractivity contribution in [1.82, 2.24) is 24.5 Å². The summed E-state index contributed by atoms with van der Waals surface area (Å²) in [5, 5.41) is 4.17. The zero-order valence-electron chi connectivity index (χ0n) is 10.2. The molecule has 0 saturated carbocycles. The Morgan fingerprint density at radius 1 is 1.50 bits per heavy atom. The van der Waals surface area contributed by atoms with Gasteiger partial charge >= 0.3 is 0 Å². The Bertz CT molecular complexity index is 628. The van der Waals surface area contributed by atoms with Gasteiger partial charge in [-0.1, -0.05) is 6.92 Å². The van der Waals surface area contributed by atoms with E-state index in [1.807, 2.05) is 6.92 Å². The molecule has 2 rings (SSSR count). The molecule has 8 heteroatoms. The molecule has 98 valence electrons. The van der Waals surface area contributed by atoms with E-state index in [4.69, 9.17) is 0 Å². The van der Waals surface area contributed by atoms with Crippen LogP contribution in [0.25, 0.3) is 0 Å². The van der Waals surface area contributed by atoms with E-state index in [0.29, 0.717) is 17.9 Å². The summed E-state index contributed by atoms with van der Waals surface area (Å²) in [6, 6.07) is 1.76. The highest BCUT2D eigenvalue weighted by Gasteiger charge is 2.16. The van der Waals surface area contributed by atoms with Gasteiger partial charge in [0.1, 0.15) is 5.82 Å². The van der Waals surface area contributed by atoms with Crippen LogP contribution in [0.3, 0.4) is 0 Å². The van der Waals surface area contributed by atoms with Gasteiger partial charge in [-0.3, -0.25) is 4.68 Å². The maximum Gasteiger partial charge on any atom is 0.257 e. The normalized spacial score (nSPS) is 11.9. The Hall–Kier alpha value is -1.67. The first-order chi connectivity index (χ1) is 8.51. The van der Waals surface area contributed by atoms with Crippen molar-refractivity contribution in [2.45, 2.75) is 24.9 Å². The third-order valence-electron chi connectivity index (χ3n) is 2.44. The van der Waals surface area contributed by atoms with Crippen LogP contribution in [0, 0.1) is 0 Å². The summed E-state index contributed by atoms with van der Waals surface area (Å²) < 4.78 is 27.9. The van der Waals surface area contributed by atoms with Gasteiger partial charge in [0.25, 0.3) is 10.0 Å². The van der Waals surface area contributed by atoms with Crippen LogP contribution in [0.1, 0.15) is 18.4 Å². The van der Waals surface area contributed by atoms with Gasteiger partial charge in [0.15, 0.2) is 5.03 Å². The second-order valence-corrected chi connectivity index (χ2v) is 5.59. The van der Waals surface area contributed by atoms with Gasteiger partial charge in [-0.25, -0.2) is 18.1 Å². The van der Waals surface area contributed by atoms with Gasteiger partial charge in [0.05, 0.1) is 18.4 Å². The molecule has 0 aliphatic heterocycles. The van der Waals surface area contributed by atoms with Gasteiger partial charge in [-0.05, 0) is 6.07 Å². The van der Waals surface area contributed by atoms with E-state index in [1.54, 1.807) is 24.0 Å². The molecule has 7 nitrogen and oxygen atoms in total. The molecule has 0 radical (unpaired) electrons. The molecule has 0 aliphatic rings. The summed E-state index contributed by atoms with van der Waals surface area (Å²) in [6.45, 7) is 2.06. The molecular weight excluding hydrogens is 254 g/mol. The number of hydrogen-bond acceptors (Lipinski definition) is 4. The molecule has 0 saturated heterocycles. The average molecular weight is 269 g/mol. The van der Waals surface area contributed by atoms with Gasteiger partial charge in [0.2, 0.25) is 0 Å². The zero-order valence-corrected chi connectivity index (χ0v) is 11.0. The third-order valence-corrected chi connectivity index (χ3v) is 3.75. The highest BCUT2D eigenvalue weighted by Crippen LogP contribution is 2.06. The summed E-state index contributed by atoms with van der Waals surface area (Å²) in [6.07, 6.45) is 3.74. The minimum absolute atomic E-state index is 0.0790. The van der Waals surface area contributed by atoms with Crippen molar-refractivity contribution >= 4 is 10.0 Å². The first-order valence-corrected chi connectivity index (χ1v) is 7.01. The van der Waals surface area contributed by atoms with Crippen molar-refractivity contribution in [3.05, 3.63) is 30.0 Å². The molecule has 0 unspecified atom stereocenters. The number of nitrogens with one attached hydrogen (secondary N) is 2. The smallest absolute Gasteiger partial charge is 0.257 e. The van der Waals surface area contributed by atoms with Crippen LogP contribution in [-0.2, 0) is 30.0 Å². The average Bonchev–Trinajstić information content (AvgIpc) is 2.95. The molecule has 0 atom stereocenters. The molecule has 0 aliphatic carbocycles. The highest BCUT2D eigenvalue weighted by molar-refractivity contribution is 7.89. The Morgan fingerprint density at radius 3 is 2.83 bits per heavy atom. The van der Waals surface area contributed by atoms with Crippen LogP contribution in [0.15, 0.2) is 23.5 Å². The SMILES string of the molecule is CCc1ncc(S(=O)(=O)NCc2ccn(C)n2)[nH]1. The second-order valence-electron chi connectivity index (χ2n) is 3.85. The Balaban J connectivity index is 2.07. The zero-order chi connectivity index (χ0) is 13.2. The van der Waals surface area contributed by atoms with E-state index >= 15 is 0 Å². The summed E-state index contributed by atoms with van der Waals surface area (Å²) in [4.78, 5) is 6.72. The number of aryl methyl sites for hydroxylation is 2. The number of rotatable bonds is 5. The maximum atomic E-state index is 11.9. The number of aromatic amines is 1. The van der Waals surface area contributed by atoms with E-state index in [9.17, 15) is 8.42 Å². The first-order valence-electron chi connectivity index (χ1n) is 5.53. The highest BCUT2D eigenvalue weighted by atomic mass is 32.2. The molecule has 2 heterocycles. The minimum Gasteiger partial charge on any atom is -0.332 e. The lowest BCUT2D eigenvalue weighted by molar-refractivity contribution is 0.576. The first kappa shape index (κ1) is 12.8. The molecule has 18 heavy (non-hydrogen) atoms. The number of hydrogen-bond donors (Lipinski definition) is 2. The molecule has 0 fully saturated rings. The van der Waals surface area contributed by atoms with Crippen LogP contribution >= 0.6 is 0 Å². The Morgan fingerprint density at radius 2 is 2.28 bits per heavy atom. The predicted octanol–water partition coefficient (Wildman–Crippen LogP) is 0.184. The van der Waals surface area contributed by atoms with E-state index in [1.165, 1.54) is 6.20 Å². The summed E-state index contributed by atoms with van der Waals surface area (Å²) in [5.74, 6) is 0.646. The Kier molecular flexibility index (Phi) is 3.48. The number of nitrogens with zero attached hydrogens (tertiary/aromatic N) is 3.